The highest BCUT2D eigenvalue weighted by Gasteiger charge is 2.19. The van der Waals surface area contributed by atoms with E-state index in [9.17, 15) is 0 Å². The molecule has 2 rings (SSSR count). The van der Waals surface area contributed by atoms with Gasteiger partial charge < -0.3 is 15.3 Å². The largest absolute Gasteiger partial charge is 0.396 e. The highest BCUT2D eigenvalue weighted by molar-refractivity contribution is 4.74. The predicted octanol–water partition coefficient (Wildman–Crippen LogP) is 1.08. The molecule has 0 aromatic carbocycles. The van der Waals surface area contributed by atoms with Gasteiger partial charge in [-0.1, -0.05) is 0 Å². The lowest BCUT2D eigenvalue weighted by atomic mass is 9.93. The van der Waals surface area contributed by atoms with Gasteiger partial charge in [0.05, 0.1) is 0 Å². The summed E-state index contributed by atoms with van der Waals surface area (Å²) in [6.07, 6.45) is 6.51. The van der Waals surface area contributed by atoms with E-state index in [1.165, 1.54) is 64.8 Å². The van der Waals surface area contributed by atoms with Crippen molar-refractivity contribution in [3.63, 3.8) is 0 Å². The van der Waals surface area contributed by atoms with Crippen molar-refractivity contribution in [2.75, 3.05) is 39.3 Å². The second-order valence-corrected chi connectivity index (χ2v) is 5.45. The van der Waals surface area contributed by atoms with Crippen LogP contribution in [0.5, 0.6) is 0 Å². The molecule has 0 unspecified atom stereocenters. The molecule has 2 saturated heterocycles. The molecular weight excluding hydrogens is 200 g/mol. The lowest BCUT2D eigenvalue weighted by Gasteiger charge is -2.32. The standard InChI is InChI=1S/C13H26N2O/c16-11-13-4-9-15(10-5-13)8-3-12-1-6-14-7-2-12/h12-14,16H,1-11H2. The van der Waals surface area contributed by atoms with Gasteiger partial charge in [-0.25, -0.2) is 0 Å². The number of hydrogen-bond donors (Lipinski definition) is 2. The van der Waals surface area contributed by atoms with Gasteiger partial charge in [0.2, 0.25) is 0 Å². The minimum absolute atomic E-state index is 0.391. The number of rotatable bonds is 4. The molecule has 94 valence electrons. The average molecular weight is 226 g/mol. The highest BCUT2D eigenvalue weighted by atomic mass is 16.3. The Hall–Kier alpha value is -0.120. The normalized spacial score (nSPS) is 26.1. The van der Waals surface area contributed by atoms with Crippen molar-refractivity contribution in [2.24, 2.45) is 11.8 Å². The van der Waals surface area contributed by atoms with Crippen LogP contribution in [0.1, 0.15) is 32.1 Å². The first-order valence-corrected chi connectivity index (χ1v) is 6.92. The van der Waals surface area contributed by atoms with Crippen LogP contribution in [-0.2, 0) is 0 Å². The Balaban J connectivity index is 1.59. The first kappa shape index (κ1) is 12.3. The van der Waals surface area contributed by atoms with Crippen molar-refractivity contribution in [1.82, 2.24) is 10.2 Å². The average Bonchev–Trinajstić information content (AvgIpc) is 2.38. The van der Waals surface area contributed by atoms with E-state index >= 15 is 0 Å². The zero-order valence-corrected chi connectivity index (χ0v) is 10.3. The van der Waals surface area contributed by atoms with Crippen LogP contribution in [0.15, 0.2) is 0 Å². The van der Waals surface area contributed by atoms with Crippen LogP contribution in [0.2, 0.25) is 0 Å². The Morgan fingerprint density at radius 1 is 1.00 bits per heavy atom. The Kier molecular flexibility index (Phi) is 5.07. The van der Waals surface area contributed by atoms with Gasteiger partial charge in [0, 0.05) is 6.61 Å². The zero-order chi connectivity index (χ0) is 11.2. The number of hydrogen-bond acceptors (Lipinski definition) is 3. The summed E-state index contributed by atoms with van der Waals surface area (Å²) in [5, 5.41) is 12.5. The van der Waals surface area contributed by atoms with E-state index in [1.54, 1.807) is 0 Å². The van der Waals surface area contributed by atoms with Gasteiger partial charge in [-0.15, -0.1) is 0 Å². The molecule has 0 atom stereocenters. The summed E-state index contributed by atoms with van der Waals surface area (Å²) in [5.74, 6) is 1.53. The molecule has 0 saturated carbocycles. The van der Waals surface area contributed by atoms with Crippen molar-refractivity contribution < 1.29 is 5.11 Å². The van der Waals surface area contributed by atoms with Crippen LogP contribution >= 0.6 is 0 Å². The summed E-state index contributed by atoms with van der Waals surface area (Å²) in [7, 11) is 0. The minimum Gasteiger partial charge on any atom is -0.396 e. The second-order valence-electron chi connectivity index (χ2n) is 5.45. The topological polar surface area (TPSA) is 35.5 Å². The van der Waals surface area contributed by atoms with Crippen molar-refractivity contribution in [3.05, 3.63) is 0 Å². The number of nitrogens with one attached hydrogen (secondary N) is 1. The SMILES string of the molecule is OCC1CCN(CCC2CCNCC2)CC1. The van der Waals surface area contributed by atoms with Gasteiger partial charge >= 0.3 is 0 Å². The van der Waals surface area contributed by atoms with E-state index in [1.807, 2.05) is 0 Å². The van der Waals surface area contributed by atoms with E-state index in [4.69, 9.17) is 5.11 Å². The highest BCUT2D eigenvalue weighted by Crippen LogP contribution is 2.20. The number of aliphatic hydroxyl groups is 1. The van der Waals surface area contributed by atoms with E-state index in [0.29, 0.717) is 12.5 Å². The molecule has 2 heterocycles. The molecule has 2 aliphatic rings. The van der Waals surface area contributed by atoms with Gasteiger partial charge in [0.15, 0.2) is 0 Å². The smallest absolute Gasteiger partial charge is 0.0460 e. The van der Waals surface area contributed by atoms with Crippen LogP contribution in [0.3, 0.4) is 0 Å². The molecule has 3 nitrogen and oxygen atoms in total. The summed E-state index contributed by atoms with van der Waals surface area (Å²) >= 11 is 0. The summed E-state index contributed by atoms with van der Waals surface area (Å²) in [6.45, 7) is 6.52. The zero-order valence-electron chi connectivity index (χ0n) is 10.3. The Morgan fingerprint density at radius 3 is 2.31 bits per heavy atom. The molecular formula is C13H26N2O. The molecule has 0 bridgehead atoms. The number of likely N-dealkylation sites (tertiary alicyclic amines) is 1. The molecule has 16 heavy (non-hydrogen) atoms. The maximum atomic E-state index is 9.09. The van der Waals surface area contributed by atoms with Gasteiger partial charge in [-0.2, -0.15) is 0 Å². The van der Waals surface area contributed by atoms with Crippen LogP contribution in [0, 0.1) is 11.8 Å². The van der Waals surface area contributed by atoms with Gasteiger partial charge in [-0.3, -0.25) is 0 Å². The number of aliphatic hydroxyl groups excluding tert-OH is 1. The maximum Gasteiger partial charge on any atom is 0.0460 e. The van der Waals surface area contributed by atoms with Crippen molar-refractivity contribution in [3.8, 4) is 0 Å². The Morgan fingerprint density at radius 2 is 1.69 bits per heavy atom. The van der Waals surface area contributed by atoms with E-state index < -0.39 is 0 Å². The maximum absolute atomic E-state index is 9.09. The number of nitrogens with zero attached hydrogens (tertiary/aromatic N) is 1. The second kappa shape index (κ2) is 6.58. The first-order chi connectivity index (χ1) is 7.88. The molecule has 0 radical (unpaired) electrons. The third kappa shape index (κ3) is 3.72. The fraction of sp³-hybridized carbons (Fsp3) is 1.00. The van der Waals surface area contributed by atoms with E-state index in [2.05, 4.69) is 10.2 Å². The van der Waals surface area contributed by atoms with E-state index in [0.717, 1.165) is 5.92 Å². The summed E-state index contributed by atoms with van der Waals surface area (Å²) in [5.41, 5.74) is 0. The molecule has 0 spiro atoms. The summed E-state index contributed by atoms with van der Waals surface area (Å²) < 4.78 is 0. The van der Waals surface area contributed by atoms with Crippen LogP contribution in [0.4, 0.5) is 0 Å². The predicted molar refractivity (Wildman–Crippen MR) is 66.5 cm³/mol. The summed E-state index contributed by atoms with van der Waals surface area (Å²) in [6, 6.07) is 0. The fourth-order valence-corrected chi connectivity index (χ4v) is 2.93. The fourth-order valence-electron chi connectivity index (χ4n) is 2.93. The lowest BCUT2D eigenvalue weighted by molar-refractivity contribution is 0.125. The van der Waals surface area contributed by atoms with Gasteiger partial charge in [0.25, 0.3) is 0 Å². The summed E-state index contributed by atoms with van der Waals surface area (Å²) in [4.78, 5) is 2.59. The molecule has 0 aromatic rings. The van der Waals surface area contributed by atoms with Crippen LogP contribution < -0.4 is 5.32 Å². The van der Waals surface area contributed by atoms with Crippen LogP contribution in [-0.4, -0.2) is 49.3 Å². The molecule has 2 N–H and O–H groups in total. The number of piperidine rings is 2. The monoisotopic (exact) mass is 226 g/mol. The molecule has 3 heteroatoms. The third-order valence-corrected chi connectivity index (χ3v) is 4.28. The van der Waals surface area contributed by atoms with Crippen molar-refractivity contribution in [2.45, 2.75) is 32.1 Å². The van der Waals surface area contributed by atoms with Crippen molar-refractivity contribution >= 4 is 0 Å². The lowest BCUT2D eigenvalue weighted by Crippen LogP contribution is -2.37. The Bertz CT molecular complexity index is 184. The van der Waals surface area contributed by atoms with Gasteiger partial charge in [-0.05, 0) is 76.7 Å². The quantitative estimate of drug-likeness (QED) is 0.753. The third-order valence-electron chi connectivity index (χ3n) is 4.28. The van der Waals surface area contributed by atoms with Crippen LogP contribution in [0.25, 0.3) is 0 Å². The first-order valence-electron chi connectivity index (χ1n) is 6.92. The van der Waals surface area contributed by atoms with E-state index in [-0.39, 0.29) is 0 Å². The molecule has 2 fully saturated rings. The minimum atomic E-state index is 0.391. The van der Waals surface area contributed by atoms with Gasteiger partial charge in [0.1, 0.15) is 0 Å². The molecule has 2 aliphatic heterocycles. The Labute approximate surface area is 99.2 Å². The molecule has 0 aliphatic carbocycles. The van der Waals surface area contributed by atoms with Crippen molar-refractivity contribution in [1.29, 1.82) is 0 Å². The molecule has 0 amide bonds. The molecule has 0 aromatic heterocycles.